The van der Waals surface area contributed by atoms with Gasteiger partial charge < -0.3 is 0 Å². The Hall–Kier alpha value is -1.14. The van der Waals surface area contributed by atoms with Crippen LogP contribution in [0.5, 0.6) is 0 Å². The Kier molecular flexibility index (Phi) is 5.37. The monoisotopic (exact) mass is 247 g/mol. The molecular weight excluding hydrogens is 231 g/mol. The zero-order valence-corrected chi connectivity index (χ0v) is 9.37. The van der Waals surface area contributed by atoms with Gasteiger partial charge in [-0.05, 0) is 25.0 Å². The molecule has 1 heterocycles. The lowest BCUT2D eigenvalue weighted by Gasteiger charge is -2.15. The molecule has 1 atom stereocenters. The molecule has 0 fully saturated rings. The summed E-state index contributed by atoms with van der Waals surface area (Å²) in [6.07, 6.45) is -2.22. The van der Waals surface area contributed by atoms with Gasteiger partial charge >= 0.3 is 6.18 Å². The highest BCUT2D eigenvalue weighted by Gasteiger charge is 2.26. The van der Waals surface area contributed by atoms with E-state index in [0.717, 1.165) is 5.69 Å². The fourth-order valence-corrected chi connectivity index (χ4v) is 1.56. The maximum absolute atomic E-state index is 12.0. The molecule has 1 rings (SSSR count). The Morgan fingerprint density at radius 2 is 2.12 bits per heavy atom. The molecule has 0 saturated heterocycles. The summed E-state index contributed by atoms with van der Waals surface area (Å²) >= 11 is 0. The molecule has 0 aromatic carbocycles. The minimum atomic E-state index is -4.09. The minimum Gasteiger partial charge on any atom is -0.271 e. The summed E-state index contributed by atoms with van der Waals surface area (Å²) in [4.78, 5) is 4.11. The topological polar surface area (TPSA) is 50.9 Å². The van der Waals surface area contributed by atoms with Crippen molar-refractivity contribution in [2.24, 2.45) is 5.84 Å². The lowest BCUT2D eigenvalue weighted by molar-refractivity contribution is -0.135. The first-order chi connectivity index (χ1) is 8.01. The van der Waals surface area contributed by atoms with E-state index in [9.17, 15) is 13.2 Å². The number of aromatic nitrogens is 1. The van der Waals surface area contributed by atoms with Gasteiger partial charge in [-0.15, -0.1) is 0 Å². The average molecular weight is 247 g/mol. The van der Waals surface area contributed by atoms with Gasteiger partial charge in [-0.3, -0.25) is 16.3 Å². The van der Waals surface area contributed by atoms with Gasteiger partial charge in [0.1, 0.15) is 0 Å². The third kappa shape index (κ3) is 6.23. The average Bonchev–Trinajstić information content (AvgIpc) is 2.27. The zero-order chi connectivity index (χ0) is 12.7. The van der Waals surface area contributed by atoms with Crippen molar-refractivity contribution < 1.29 is 13.2 Å². The summed E-state index contributed by atoms with van der Waals surface area (Å²) in [5, 5.41) is 0. The number of hydrazine groups is 1. The third-order valence-electron chi connectivity index (χ3n) is 2.43. The predicted molar refractivity (Wildman–Crippen MR) is 59.0 cm³/mol. The molecule has 17 heavy (non-hydrogen) atoms. The second-order valence-corrected chi connectivity index (χ2v) is 3.90. The SMILES string of the molecule is NNC(CCCC(F)(F)F)Cc1ccccn1. The van der Waals surface area contributed by atoms with E-state index in [0.29, 0.717) is 12.8 Å². The maximum atomic E-state index is 12.0. The summed E-state index contributed by atoms with van der Waals surface area (Å²) in [5.41, 5.74) is 3.35. The van der Waals surface area contributed by atoms with Crippen molar-refractivity contribution in [1.82, 2.24) is 10.4 Å². The number of hydrogen-bond acceptors (Lipinski definition) is 3. The van der Waals surface area contributed by atoms with E-state index in [4.69, 9.17) is 5.84 Å². The number of halogens is 3. The Labute approximate surface area is 98.2 Å². The highest BCUT2D eigenvalue weighted by atomic mass is 19.4. The van der Waals surface area contributed by atoms with Crippen LogP contribution < -0.4 is 11.3 Å². The predicted octanol–water partition coefficient (Wildman–Crippen LogP) is 2.19. The Bertz CT molecular complexity index is 313. The summed E-state index contributed by atoms with van der Waals surface area (Å²) in [7, 11) is 0. The van der Waals surface area contributed by atoms with E-state index in [-0.39, 0.29) is 12.5 Å². The van der Waals surface area contributed by atoms with E-state index in [1.807, 2.05) is 12.1 Å². The molecule has 1 aromatic rings. The van der Waals surface area contributed by atoms with Gasteiger partial charge in [-0.1, -0.05) is 6.07 Å². The van der Waals surface area contributed by atoms with Gasteiger partial charge in [0.15, 0.2) is 0 Å². The van der Waals surface area contributed by atoms with Crippen molar-refractivity contribution in [2.75, 3.05) is 0 Å². The molecule has 0 aliphatic heterocycles. The number of pyridine rings is 1. The van der Waals surface area contributed by atoms with E-state index in [1.54, 1.807) is 12.3 Å². The molecule has 3 nitrogen and oxygen atoms in total. The maximum Gasteiger partial charge on any atom is 0.389 e. The van der Waals surface area contributed by atoms with Gasteiger partial charge in [0.05, 0.1) is 0 Å². The van der Waals surface area contributed by atoms with Crippen LogP contribution >= 0.6 is 0 Å². The summed E-state index contributed by atoms with van der Waals surface area (Å²) in [6, 6.07) is 5.28. The van der Waals surface area contributed by atoms with Crippen LogP contribution in [0.2, 0.25) is 0 Å². The molecule has 0 spiro atoms. The highest BCUT2D eigenvalue weighted by Crippen LogP contribution is 2.22. The first-order valence-electron chi connectivity index (χ1n) is 5.44. The van der Waals surface area contributed by atoms with Crippen LogP contribution in [0.1, 0.15) is 25.0 Å². The quantitative estimate of drug-likeness (QED) is 0.598. The normalized spacial score (nSPS) is 13.6. The summed E-state index contributed by atoms with van der Waals surface area (Å²) in [6.45, 7) is 0. The van der Waals surface area contributed by atoms with Gasteiger partial charge in [0, 0.05) is 30.8 Å². The molecule has 1 aromatic heterocycles. The van der Waals surface area contributed by atoms with E-state index >= 15 is 0 Å². The first kappa shape index (κ1) is 13.9. The number of alkyl halides is 3. The number of hydrogen-bond donors (Lipinski definition) is 2. The second kappa shape index (κ2) is 6.56. The van der Waals surface area contributed by atoms with Gasteiger partial charge in [0.25, 0.3) is 0 Å². The Balaban J connectivity index is 2.34. The third-order valence-corrected chi connectivity index (χ3v) is 2.43. The van der Waals surface area contributed by atoms with E-state index in [2.05, 4.69) is 10.4 Å². The summed E-state index contributed by atoms with van der Waals surface area (Å²) < 4.78 is 35.9. The van der Waals surface area contributed by atoms with Crippen molar-refractivity contribution in [3.63, 3.8) is 0 Å². The zero-order valence-electron chi connectivity index (χ0n) is 9.37. The molecule has 0 saturated carbocycles. The second-order valence-electron chi connectivity index (χ2n) is 3.90. The molecule has 0 amide bonds. The number of rotatable bonds is 6. The van der Waals surface area contributed by atoms with Crippen LogP contribution in [0.15, 0.2) is 24.4 Å². The lowest BCUT2D eigenvalue weighted by atomic mass is 10.0. The molecule has 1 unspecified atom stereocenters. The van der Waals surface area contributed by atoms with Crippen molar-refractivity contribution in [3.05, 3.63) is 30.1 Å². The Morgan fingerprint density at radius 3 is 2.65 bits per heavy atom. The smallest absolute Gasteiger partial charge is 0.271 e. The van der Waals surface area contributed by atoms with Crippen LogP contribution in [0.3, 0.4) is 0 Å². The molecule has 3 N–H and O–H groups in total. The lowest BCUT2D eigenvalue weighted by Crippen LogP contribution is -2.37. The molecule has 0 radical (unpaired) electrons. The van der Waals surface area contributed by atoms with Crippen LogP contribution in [0, 0.1) is 0 Å². The van der Waals surface area contributed by atoms with E-state index < -0.39 is 12.6 Å². The molecule has 0 aliphatic carbocycles. The van der Waals surface area contributed by atoms with Gasteiger partial charge in [-0.25, -0.2) is 0 Å². The minimum absolute atomic E-state index is 0.0746. The largest absolute Gasteiger partial charge is 0.389 e. The van der Waals surface area contributed by atoms with Crippen molar-refractivity contribution >= 4 is 0 Å². The van der Waals surface area contributed by atoms with Crippen LogP contribution in [0.25, 0.3) is 0 Å². The number of nitrogens with one attached hydrogen (secondary N) is 1. The molecule has 96 valence electrons. The highest BCUT2D eigenvalue weighted by molar-refractivity contribution is 5.05. The van der Waals surface area contributed by atoms with Crippen molar-refractivity contribution in [3.8, 4) is 0 Å². The molecular formula is C11H16F3N3. The molecule has 0 bridgehead atoms. The van der Waals surface area contributed by atoms with Crippen molar-refractivity contribution in [1.29, 1.82) is 0 Å². The van der Waals surface area contributed by atoms with Crippen LogP contribution in [0.4, 0.5) is 13.2 Å². The number of nitrogens with zero attached hydrogens (tertiary/aromatic N) is 1. The van der Waals surface area contributed by atoms with Crippen LogP contribution in [-0.2, 0) is 6.42 Å². The first-order valence-corrected chi connectivity index (χ1v) is 5.44. The van der Waals surface area contributed by atoms with E-state index in [1.165, 1.54) is 0 Å². The standard InChI is InChI=1S/C11H16F3N3/c12-11(13,14)6-3-5-10(17-15)8-9-4-1-2-7-16-9/h1-2,4,7,10,17H,3,5-6,8,15H2. The Morgan fingerprint density at radius 1 is 1.35 bits per heavy atom. The van der Waals surface area contributed by atoms with Crippen molar-refractivity contribution in [2.45, 2.75) is 37.9 Å². The van der Waals surface area contributed by atoms with Crippen LogP contribution in [-0.4, -0.2) is 17.2 Å². The summed E-state index contributed by atoms with van der Waals surface area (Å²) in [5.74, 6) is 5.31. The number of nitrogens with two attached hydrogens (primary N) is 1. The van der Waals surface area contributed by atoms with Gasteiger partial charge in [-0.2, -0.15) is 13.2 Å². The molecule has 6 heteroatoms. The molecule has 0 aliphatic rings. The fraction of sp³-hybridized carbons (Fsp3) is 0.545. The fourth-order valence-electron chi connectivity index (χ4n) is 1.56. The van der Waals surface area contributed by atoms with Gasteiger partial charge in [0.2, 0.25) is 0 Å².